The summed E-state index contributed by atoms with van der Waals surface area (Å²) in [5, 5.41) is 0. The zero-order valence-corrected chi connectivity index (χ0v) is 10.6. The summed E-state index contributed by atoms with van der Waals surface area (Å²) in [6.07, 6.45) is 1.06. The van der Waals surface area contributed by atoms with E-state index in [0.29, 0.717) is 0 Å². The van der Waals surface area contributed by atoms with Crippen LogP contribution in [-0.2, 0) is 6.42 Å². The quantitative estimate of drug-likeness (QED) is 0.610. The average Bonchev–Trinajstić information content (AvgIpc) is 2.26. The summed E-state index contributed by atoms with van der Waals surface area (Å²) < 4.78 is 5.22. The van der Waals surface area contributed by atoms with E-state index in [0.717, 1.165) is 24.6 Å². The monoisotopic (exact) mass is 225 g/mol. The maximum Gasteiger partial charge on any atom is 0.121 e. The fourth-order valence-corrected chi connectivity index (χ4v) is 1.63. The molecule has 0 aliphatic rings. The second-order valence-corrected chi connectivity index (χ2v) is 4.06. The topological polar surface area (TPSA) is 12.5 Å². The van der Waals surface area contributed by atoms with E-state index in [2.05, 4.69) is 43.6 Å². The van der Waals surface area contributed by atoms with E-state index in [-0.39, 0.29) is 0 Å². The van der Waals surface area contributed by atoms with Gasteiger partial charge in [0.15, 0.2) is 0 Å². The Labute approximate surface area is 97.6 Å². The van der Waals surface area contributed by atoms with E-state index >= 15 is 0 Å². The van der Waals surface area contributed by atoms with E-state index < -0.39 is 0 Å². The number of hydrogen-bond donors (Lipinski definition) is 1. The first-order valence-electron chi connectivity index (χ1n) is 5.10. The van der Waals surface area contributed by atoms with Gasteiger partial charge in [-0.3, -0.25) is 4.90 Å². The number of ether oxygens (including phenoxy) is 1. The predicted molar refractivity (Wildman–Crippen MR) is 67.9 cm³/mol. The van der Waals surface area contributed by atoms with Gasteiger partial charge in [0.1, 0.15) is 5.75 Å². The van der Waals surface area contributed by atoms with Crippen molar-refractivity contribution < 1.29 is 4.74 Å². The first-order valence-corrected chi connectivity index (χ1v) is 5.73. The molecule has 0 fully saturated rings. The molecule has 1 aromatic rings. The summed E-state index contributed by atoms with van der Waals surface area (Å²) in [6, 6.07) is 6.34. The molecule has 1 aromatic carbocycles. The summed E-state index contributed by atoms with van der Waals surface area (Å²) in [6.45, 7) is 3.11. The van der Waals surface area contributed by atoms with Gasteiger partial charge in [0.25, 0.3) is 0 Å². The fraction of sp³-hybridized carbons (Fsp3) is 0.500. The molecule has 1 rings (SSSR count). The second-order valence-electron chi connectivity index (χ2n) is 3.78. The molecule has 0 aliphatic heterocycles. The fourth-order valence-electron chi connectivity index (χ4n) is 1.49. The van der Waals surface area contributed by atoms with E-state index in [1.54, 1.807) is 7.11 Å². The van der Waals surface area contributed by atoms with Crippen molar-refractivity contribution in [2.45, 2.75) is 13.3 Å². The lowest BCUT2D eigenvalue weighted by Crippen LogP contribution is -2.19. The Bertz CT molecular complexity index is 314. The molecule has 3 heteroatoms. The first-order chi connectivity index (χ1) is 7.17. The number of rotatable bonds is 5. The molecule has 0 radical (unpaired) electrons. The van der Waals surface area contributed by atoms with Crippen LogP contribution < -0.4 is 4.74 Å². The number of benzene rings is 1. The van der Waals surface area contributed by atoms with E-state index in [1.165, 1.54) is 11.1 Å². The number of nitrogens with zero attached hydrogens (tertiary/aromatic N) is 1. The number of aryl methyl sites for hydroxylation is 1. The maximum atomic E-state index is 5.22. The molecular weight excluding hydrogens is 206 g/mol. The molecule has 0 saturated carbocycles. The van der Waals surface area contributed by atoms with E-state index in [9.17, 15) is 0 Å². The third kappa shape index (κ3) is 3.76. The van der Waals surface area contributed by atoms with Gasteiger partial charge in [0.05, 0.1) is 7.11 Å². The van der Waals surface area contributed by atoms with Gasteiger partial charge in [-0.2, -0.15) is 12.6 Å². The van der Waals surface area contributed by atoms with Crippen LogP contribution in [0.2, 0.25) is 0 Å². The molecule has 0 atom stereocenters. The standard InChI is InChI=1S/C12H19NOS/c1-10-8-11(4-5-12(10)14-3)6-7-13(2)9-15/h4-5,8,15H,6-7,9H2,1-3H3. The molecule has 0 bridgehead atoms. The van der Waals surface area contributed by atoms with Gasteiger partial charge in [-0.25, -0.2) is 0 Å². The highest BCUT2D eigenvalue weighted by atomic mass is 32.1. The minimum atomic E-state index is 0.801. The highest BCUT2D eigenvalue weighted by Gasteiger charge is 2.01. The largest absolute Gasteiger partial charge is 0.496 e. The minimum Gasteiger partial charge on any atom is -0.496 e. The molecule has 15 heavy (non-hydrogen) atoms. The van der Waals surface area contributed by atoms with E-state index in [1.807, 2.05) is 6.07 Å². The summed E-state index contributed by atoms with van der Waals surface area (Å²) in [5.41, 5.74) is 2.55. The summed E-state index contributed by atoms with van der Waals surface area (Å²) >= 11 is 4.22. The third-order valence-corrected chi connectivity index (χ3v) is 2.97. The first kappa shape index (κ1) is 12.4. The van der Waals surface area contributed by atoms with Crippen LogP contribution in [0.15, 0.2) is 18.2 Å². The van der Waals surface area contributed by atoms with Crippen molar-refractivity contribution in [3.63, 3.8) is 0 Å². The van der Waals surface area contributed by atoms with Crippen molar-refractivity contribution in [1.29, 1.82) is 0 Å². The molecule has 0 N–H and O–H groups in total. The SMILES string of the molecule is COc1ccc(CCN(C)CS)cc1C. The molecular formula is C12H19NOS. The number of thiol groups is 1. The highest BCUT2D eigenvalue weighted by molar-refractivity contribution is 7.80. The molecule has 0 aromatic heterocycles. The lowest BCUT2D eigenvalue weighted by atomic mass is 10.1. The molecule has 0 unspecified atom stereocenters. The molecule has 2 nitrogen and oxygen atoms in total. The zero-order chi connectivity index (χ0) is 11.3. The normalized spacial score (nSPS) is 10.7. The van der Waals surface area contributed by atoms with Crippen LogP contribution in [0.3, 0.4) is 0 Å². The lowest BCUT2D eigenvalue weighted by Gasteiger charge is -2.13. The van der Waals surface area contributed by atoms with Gasteiger partial charge in [-0.1, -0.05) is 12.1 Å². The maximum absolute atomic E-state index is 5.22. The minimum absolute atomic E-state index is 0.801. The molecule has 0 heterocycles. The lowest BCUT2D eigenvalue weighted by molar-refractivity contribution is 0.398. The van der Waals surface area contributed by atoms with Gasteiger partial charge in [0.2, 0.25) is 0 Å². The van der Waals surface area contributed by atoms with Crippen molar-refractivity contribution in [2.75, 3.05) is 26.6 Å². The van der Waals surface area contributed by atoms with Crippen LogP contribution in [-0.4, -0.2) is 31.5 Å². The van der Waals surface area contributed by atoms with Gasteiger partial charge >= 0.3 is 0 Å². The highest BCUT2D eigenvalue weighted by Crippen LogP contribution is 2.18. The summed E-state index contributed by atoms with van der Waals surface area (Å²) in [4.78, 5) is 2.18. The Hall–Kier alpha value is -0.670. The number of methoxy groups -OCH3 is 1. The summed E-state index contributed by atoms with van der Waals surface area (Å²) in [5.74, 6) is 1.76. The smallest absolute Gasteiger partial charge is 0.121 e. The zero-order valence-electron chi connectivity index (χ0n) is 9.66. The number of likely N-dealkylation sites (N-methyl/N-ethyl adjacent to an activating group) is 1. The Kier molecular flexibility index (Phi) is 4.99. The average molecular weight is 225 g/mol. The Morgan fingerprint density at radius 1 is 1.40 bits per heavy atom. The van der Waals surface area contributed by atoms with Crippen LogP contribution in [0.4, 0.5) is 0 Å². The van der Waals surface area contributed by atoms with Gasteiger partial charge in [-0.05, 0) is 37.6 Å². The molecule has 84 valence electrons. The van der Waals surface area contributed by atoms with Crippen LogP contribution in [0.5, 0.6) is 5.75 Å². The molecule has 0 aliphatic carbocycles. The van der Waals surface area contributed by atoms with Crippen molar-refractivity contribution in [3.8, 4) is 5.75 Å². The Balaban J connectivity index is 2.59. The van der Waals surface area contributed by atoms with Gasteiger partial charge in [-0.15, -0.1) is 0 Å². The second kappa shape index (κ2) is 6.03. The van der Waals surface area contributed by atoms with Crippen LogP contribution in [0.25, 0.3) is 0 Å². The predicted octanol–water partition coefficient (Wildman–Crippen LogP) is 2.37. The number of hydrogen-bond acceptors (Lipinski definition) is 3. The Morgan fingerprint density at radius 2 is 2.13 bits per heavy atom. The van der Waals surface area contributed by atoms with Crippen molar-refractivity contribution in [3.05, 3.63) is 29.3 Å². The van der Waals surface area contributed by atoms with Crippen molar-refractivity contribution in [1.82, 2.24) is 4.90 Å². The molecule has 0 amide bonds. The Morgan fingerprint density at radius 3 is 2.67 bits per heavy atom. The van der Waals surface area contributed by atoms with Crippen molar-refractivity contribution in [2.24, 2.45) is 0 Å². The third-order valence-electron chi connectivity index (χ3n) is 2.48. The molecule has 0 saturated heterocycles. The van der Waals surface area contributed by atoms with Crippen molar-refractivity contribution >= 4 is 12.6 Å². The van der Waals surface area contributed by atoms with Gasteiger partial charge < -0.3 is 4.74 Å². The van der Waals surface area contributed by atoms with Crippen LogP contribution >= 0.6 is 12.6 Å². The van der Waals surface area contributed by atoms with Crippen LogP contribution in [0, 0.1) is 6.92 Å². The molecule has 0 spiro atoms. The summed E-state index contributed by atoms with van der Waals surface area (Å²) in [7, 11) is 3.78. The van der Waals surface area contributed by atoms with E-state index in [4.69, 9.17) is 4.74 Å². The van der Waals surface area contributed by atoms with Gasteiger partial charge in [0, 0.05) is 12.4 Å². The van der Waals surface area contributed by atoms with Crippen LogP contribution in [0.1, 0.15) is 11.1 Å².